The number of halogens is 1. The number of ketones is 1. The average molecular weight is 404 g/mol. The molecule has 1 N–H and O–H groups in total. The highest BCUT2D eigenvalue weighted by atomic mass is 35.5. The van der Waals surface area contributed by atoms with Crippen LogP contribution in [0.4, 0.5) is 5.69 Å². The van der Waals surface area contributed by atoms with Crippen molar-refractivity contribution >= 4 is 40.9 Å². The average Bonchev–Trinajstić information content (AvgIpc) is 2.71. The minimum atomic E-state index is -0.677. The van der Waals surface area contributed by atoms with Crippen LogP contribution < -0.4 is 5.32 Å². The third-order valence-corrected chi connectivity index (χ3v) is 4.12. The molecule has 0 aromatic heterocycles. The summed E-state index contributed by atoms with van der Waals surface area (Å²) >= 11 is 5.79. The first-order valence-corrected chi connectivity index (χ1v) is 8.62. The van der Waals surface area contributed by atoms with Gasteiger partial charge in [-0.1, -0.05) is 11.6 Å². The Morgan fingerprint density at radius 1 is 0.857 bits per heavy atom. The third kappa shape index (κ3) is 5.40. The summed E-state index contributed by atoms with van der Waals surface area (Å²) in [5.41, 5.74) is 0.772. The number of hydrogen-bond donors (Lipinski definition) is 1. The highest BCUT2D eigenvalue weighted by Gasteiger charge is 2.18. The van der Waals surface area contributed by atoms with Crippen molar-refractivity contribution in [3.8, 4) is 0 Å². The lowest BCUT2D eigenvalue weighted by atomic mass is 10.1. The Hall–Kier alpha value is -3.19. The molecule has 0 saturated carbocycles. The number of ether oxygens (including phenoxy) is 2. The van der Waals surface area contributed by atoms with Crippen LogP contribution in [0, 0.1) is 0 Å². The fraction of sp³-hybridized carbons (Fsp3) is 0.200. The molecule has 0 unspecified atom stereocenters. The fourth-order valence-electron chi connectivity index (χ4n) is 2.40. The zero-order chi connectivity index (χ0) is 20.7. The smallest absolute Gasteiger partial charge is 0.339 e. The standard InChI is InChI=1S/C20H18ClNO6/c1-27-19(25)13-5-8-15(20(26)28-2)16(11-13)22-18(24)10-9-17(23)12-3-6-14(21)7-4-12/h3-8,11H,9-10H2,1-2H3,(H,22,24). The normalized spacial score (nSPS) is 10.1. The highest BCUT2D eigenvalue weighted by molar-refractivity contribution is 6.30. The van der Waals surface area contributed by atoms with Gasteiger partial charge < -0.3 is 14.8 Å². The van der Waals surface area contributed by atoms with E-state index in [1.165, 1.54) is 32.4 Å². The molecule has 0 radical (unpaired) electrons. The SMILES string of the molecule is COC(=O)c1ccc(C(=O)OC)c(NC(=O)CCC(=O)c2ccc(Cl)cc2)c1. The van der Waals surface area contributed by atoms with Gasteiger partial charge in [-0.05, 0) is 42.5 Å². The first-order valence-electron chi connectivity index (χ1n) is 8.25. The van der Waals surface area contributed by atoms with Gasteiger partial charge in [-0.3, -0.25) is 9.59 Å². The van der Waals surface area contributed by atoms with E-state index < -0.39 is 17.8 Å². The Morgan fingerprint density at radius 2 is 1.46 bits per heavy atom. The van der Waals surface area contributed by atoms with Gasteiger partial charge >= 0.3 is 11.9 Å². The van der Waals surface area contributed by atoms with E-state index in [4.69, 9.17) is 11.6 Å². The molecular weight excluding hydrogens is 386 g/mol. The van der Waals surface area contributed by atoms with E-state index in [-0.39, 0.29) is 35.4 Å². The second-order valence-electron chi connectivity index (χ2n) is 5.72. The van der Waals surface area contributed by atoms with Gasteiger partial charge in [-0.15, -0.1) is 0 Å². The molecule has 0 fully saturated rings. The molecule has 0 bridgehead atoms. The molecular formula is C20H18ClNO6. The molecule has 146 valence electrons. The third-order valence-electron chi connectivity index (χ3n) is 3.87. The van der Waals surface area contributed by atoms with Crippen molar-refractivity contribution in [1.29, 1.82) is 0 Å². The molecule has 0 spiro atoms. The lowest BCUT2D eigenvalue weighted by molar-refractivity contribution is -0.116. The van der Waals surface area contributed by atoms with Gasteiger partial charge in [-0.25, -0.2) is 9.59 Å². The first-order chi connectivity index (χ1) is 13.3. The minimum absolute atomic E-state index is 0.0300. The number of rotatable bonds is 7. The minimum Gasteiger partial charge on any atom is -0.465 e. The quantitative estimate of drug-likeness (QED) is 0.561. The maximum absolute atomic E-state index is 12.3. The zero-order valence-corrected chi connectivity index (χ0v) is 16.0. The number of esters is 2. The van der Waals surface area contributed by atoms with Crippen LogP contribution in [0.15, 0.2) is 42.5 Å². The van der Waals surface area contributed by atoms with Crippen LogP contribution in [-0.4, -0.2) is 37.8 Å². The largest absolute Gasteiger partial charge is 0.465 e. The molecule has 0 aliphatic carbocycles. The van der Waals surface area contributed by atoms with Gasteiger partial charge in [0.25, 0.3) is 0 Å². The topological polar surface area (TPSA) is 98.8 Å². The molecule has 8 heteroatoms. The number of anilines is 1. The second kappa shape index (κ2) is 9.66. The molecule has 2 aromatic rings. The number of amides is 1. The monoisotopic (exact) mass is 403 g/mol. The maximum Gasteiger partial charge on any atom is 0.339 e. The number of benzene rings is 2. The Kier molecular flexibility index (Phi) is 7.28. The van der Waals surface area contributed by atoms with E-state index in [1.54, 1.807) is 24.3 Å². The lowest BCUT2D eigenvalue weighted by Gasteiger charge is -2.11. The van der Waals surface area contributed by atoms with Crippen LogP contribution in [0.1, 0.15) is 43.9 Å². The van der Waals surface area contributed by atoms with E-state index in [1.807, 2.05) is 0 Å². The Morgan fingerprint density at radius 3 is 2.07 bits per heavy atom. The molecule has 2 rings (SSSR count). The van der Waals surface area contributed by atoms with Crippen LogP contribution in [0.2, 0.25) is 5.02 Å². The van der Waals surface area contributed by atoms with Crippen molar-refractivity contribution in [3.05, 3.63) is 64.2 Å². The summed E-state index contributed by atoms with van der Waals surface area (Å²) in [6.07, 6.45) is -0.137. The van der Waals surface area contributed by atoms with Gasteiger partial charge in [0.05, 0.1) is 31.0 Å². The lowest BCUT2D eigenvalue weighted by Crippen LogP contribution is -2.17. The summed E-state index contributed by atoms with van der Waals surface area (Å²) in [6, 6.07) is 10.4. The van der Waals surface area contributed by atoms with E-state index in [2.05, 4.69) is 14.8 Å². The molecule has 0 aliphatic heterocycles. The van der Waals surface area contributed by atoms with Crippen LogP contribution in [0.5, 0.6) is 0 Å². The van der Waals surface area contributed by atoms with Crippen molar-refractivity contribution in [2.75, 3.05) is 19.5 Å². The number of carbonyl (C=O) groups excluding carboxylic acids is 4. The summed E-state index contributed by atoms with van der Waals surface area (Å²) in [7, 11) is 2.42. The van der Waals surface area contributed by atoms with Crippen molar-refractivity contribution in [3.63, 3.8) is 0 Å². The van der Waals surface area contributed by atoms with E-state index in [0.717, 1.165) is 0 Å². The van der Waals surface area contributed by atoms with Gasteiger partial charge in [0.2, 0.25) is 5.91 Å². The summed E-state index contributed by atoms with van der Waals surface area (Å²) in [5, 5.41) is 3.05. The molecule has 0 atom stereocenters. The number of methoxy groups -OCH3 is 2. The Labute approximate surface area is 166 Å². The molecule has 2 aromatic carbocycles. The Balaban J connectivity index is 2.10. The van der Waals surface area contributed by atoms with Crippen LogP contribution in [0.25, 0.3) is 0 Å². The van der Waals surface area contributed by atoms with E-state index in [9.17, 15) is 19.2 Å². The zero-order valence-electron chi connectivity index (χ0n) is 15.3. The first kappa shape index (κ1) is 21.1. The molecule has 28 heavy (non-hydrogen) atoms. The molecule has 0 heterocycles. The van der Waals surface area contributed by atoms with Crippen LogP contribution in [0.3, 0.4) is 0 Å². The van der Waals surface area contributed by atoms with Crippen molar-refractivity contribution in [1.82, 2.24) is 0 Å². The summed E-state index contributed by atoms with van der Waals surface area (Å²) in [4.78, 5) is 48.0. The number of Topliss-reactive ketones (excluding diaryl/α,β-unsaturated/α-hetero) is 1. The predicted molar refractivity (Wildman–Crippen MR) is 103 cm³/mol. The second-order valence-corrected chi connectivity index (χ2v) is 6.16. The van der Waals surface area contributed by atoms with Gasteiger partial charge in [0, 0.05) is 23.4 Å². The van der Waals surface area contributed by atoms with Gasteiger partial charge in [-0.2, -0.15) is 0 Å². The van der Waals surface area contributed by atoms with Crippen molar-refractivity contribution in [2.24, 2.45) is 0 Å². The molecule has 1 amide bonds. The van der Waals surface area contributed by atoms with Crippen LogP contribution in [-0.2, 0) is 14.3 Å². The highest BCUT2D eigenvalue weighted by Crippen LogP contribution is 2.20. The Bertz CT molecular complexity index is 907. The van der Waals surface area contributed by atoms with Crippen molar-refractivity contribution in [2.45, 2.75) is 12.8 Å². The fourth-order valence-corrected chi connectivity index (χ4v) is 2.53. The van der Waals surface area contributed by atoms with E-state index >= 15 is 0 Å². The predicted octanol–water partition coefficient (Wildman–Crippen LogP) is 3.51. The van der Waals surface area contributed by atoms with Crippen molar-refractivity contribution < 1.29 is 28.7 Å². The molecule has 0 aliphatic rings. The molecule has 0 saturated heterocycles. The summed E-state index contributed by atoms with van der Waals surface area (Å²) < 4.78 is 9.32. The number of nitrogens with one attached hydrogen (secondary N) is 1. The number of hydrogen-bond acceptors (Lipinski definition) is 6. The summed E-state index contributed by atoms with van der Waals surface area (Å²) in [6.45, 7) is 0. The maximum atomic E-state index is 12.3. The molecule has 7 nitrogen and oxygen atoms in total. The van der Waals surface area contributed by atoms with E-state index in [0.29, 0.717) is 10.6 Å². The number of carbonyl (C=O) groups is 4. The van der Waals surface area contributed by atoms with Gasteiger partial charge in [0.15, 0.2) is 5.78 Å². The van der Waals surface area contributed by atoms with Crippen LogP contribution >= 0.6 is 11.6 Å². The summed E-state index contributed by atoms with van der Waals surface area (Å²) in [5.74, 6) is -2.01. The van der Waals surface area contributed by atoms with Gasteiger partial charge in [0.1, 0.15) is 0 Å².